The van der Waals surface area contributed by atoms with E-state index in [2.05, 4.69) is 4.79 Å². The molecular formula is C19H17N3O. The van der Waals surface area contributed by atoms with Crippen LogP contribution in [0.25, 0.3) is 11.1 Å². The smallest absolute Gasteiger partial charge is 0.324 e. The van der Waals surface area contributed by atoms with Crippen LogP contribution >= 0.6 is 0 Å². The summed E-state index contributed by atoms with van der Waals surface area (Å²) >= 11 is 0. The molecule has 0 bridgehead atoms. The fourth-order valence-corrected chi connectivity index (χ4v) is 2.86. The van der Waals surface area contributed by atoms with E-state index in [4.69, 9.17) is 5.73 Å². The summed E-state index contributed by atoms with van der Waals surface area (Å²) in [5.41, 5.74) is 18.0. The van der Waals surface area contributed by atoms with Crippen LogP contribution in [0.2, 0.25) is 0 Å². The van der Waals surface area contributed by atoms with E-state index in [0.717, 1.165) is 16.7 Å². The van der Waals surface area contributed by atoms with Gasteiger partial charge >= 0.3 is 5.71 Å². The monoisotopic (exact) mass is 303 g/mol. The normalized spacial score (nSPS) is 20.9. The van der Waals surface area contributed by atoms with E-state index < -0.39 is 5.54 Å². The first kappa shape index (κ1) is 15.1. The van der Waals surface area contributed by atoms with E-state index in [1.54, 1.807) is 18.2 Å². The number of ketones is 1. The average Bonchev–Trinajstić information content (AvgIpc) is 2.58. The maximum Gasteiger partial charge on any atom is 0.324 e. The third-order valence-electron chi connectivity index (χ3n) is 4.27. The van der Waals surface area contributed by atoms with E-state index >= 15 is 0 Å². The summed E-state index contributed by atoms with van der Waals surface area (Å²) in [6.07, 6.45) is 1.91. The van der Waals surface area contributed by atoms with Gasteiger partial charge in [0, 0.05) is 12.5 Å². The van der Waals surface area contributed by atoms with Gasteiger partial charge in [-0.1, -0.05) is 60.2 Å². The molecule has 3 rings (SSSR count). The molecule has 4 heteroatoms. The predicted octanol–water partition coefficient (Wildman–Crippen LogP) is 2.88. The summed E-state index contributed by atoms with van der Waals surface area (Å²) in [4.78, 5) is 16.1. The summed E-state index contributed by atoms with van der Waals surface area (Å²) in [7, 11) is 0. The maximum atomic E-state index is 12.8. The molecule has 1 aliphatic rings. The molecule has 2 N–H and O–H groups in total. The van der Waals surface area contributed by atoms with Gasteiger partial charge in [-0.2, -0.15) is 4.79 Å². The summed E-state index contributed by atoms with van der Waals surface area (Å²) in [5, 5.41) is 0. The van der Waals surface area contributed by atoms with Gasteiger partial charge in [-0.3, -0.25) is 4.79 Å². The Morgan fingerprint density at radius 1 is 1.09 bits per heavy atom. The number of Topliss-reactive ketones (excluding diaryl/α,β-unsaturated/α-hetero) is 1. The lowest BCUT2D eigenvalue weighted by molar-refractivity contribution is -0.122. The number of carbonyl (C=O) groups is 1. The van der Waals surface area contributed by atoms with Gasteiger partial charge in [0.2, 0.25) is 5.54 Å². The number of allylic oxidation sites excluding steroid dienone is 1. The lowest BCUT2D eigenvalue weighted by Crippen LogP contribution is -2.53. The molecule has 2 aromatic rings. The van der Waals surface area contributed by atoms with Crippen molar-refractivity contribution in [2.24, 2.45) is 5.73 Å². The fourth-order valence-electron chi connectivity index (χ4n) is 2.86. The van der Waals surface area contributed by atoms with Crippen LogP contribution in [0.4, 0.5) is 0 Å². The van der Waals surface area contributed by atoms with Gasteiger partial charge in [0.25, 0.3) is 0 Å². The van der Waals surface area contributed by atoms with E-state index in [1.807, 2.05) is 49.4 Å². The molecule has 0 heterocycles. The minimum Gasteiger partial charge on any atom is -0.361 e. The van der Waals surface area contributed by atoms with Crippen LogP contribution in [0.15, 0.2) is 60.7 Å². The van der Waals surface area contributed by atoms with Gasteiger partial charge in [-0.25, -0.2) is 0 Å². The molecule has 0 saturated heterocycles. The Hall–Kier alpha value is -2.81. The number of aryl methyl sites for hydroxylation is 1. The molecule has 0 amide bonds. The van der Waals surface area contributed by atoms with Crippen molar-refractivity contribution in [2.75, 3.05) is 0 Å². The van der Waals surface area contributed by atoms with Crippen molar-refractivity contribution in [1.29, 1.82) is 0 Å². The van der Waals surface area contributed by atoms with Crippen LogP contribution < -0.4 is 5.73 Å². The zero-order valence-corrected chi connectivity index (χ0v) is 12.9. The second kappa shape index (κ2) is 5.76. The van der Waals surface area contributed by atoms with Gasteiger partial charge in [-0.15, -0.1) is 0 Å². The van der Waals surface area contributed by atoms with Crippen LogP contribution in [0, 0.1) is 6.92 Å². The van der Waals surface area contributed by atoms with Gasteiger partial charge < -0.3 is 11.3 Å². The van der Waals surface area contributed by atoms with E-state index in [9.17, 15) is 10.3 Å². The van der Waals surface area contributed by atoms with Crippen molar-refractivity contribution in [3.05, 3.63) is 82.9 Å². The highest BCUT2D eigenvalue weighted by Gasteiger charge is 2.49. The number of rotatable bonds is 2. The minimum absolute atomic E-state index is 0.163. The first-order valence-electron chi connectivity index (χ1n) is 7.43. The summed E-state index contributed by atoms with van der Waals surface area (Å²) in [6.45, 7) is 2.01. The number of hydrogen-bond donors (Lipinski definition) is 1. The van der Waals surface area contributed by atoms with Crippen molar-refractivity contribution < 1.29 is 9.58 Å². The maximum absolute atomic E-state index is 12.8. The number of carbonyl (C=O) groups excluding carboxylic acids is 1. The van der Waals surface area contributed by atoms with Crippen molar-refractivity contribution in [3.63, 3.8) is 0 Å². The molecule has 4 nitrogen and oxygen atoms in total. The molecule has 23 heavy (non-hydrogen) atoms. The molecule has 0 radical (unpaired) electrons. The number of nitrogens with zero attached hydrogens (tertiary/aromatic N) is 2. The van der Waals surface area contributed by atoms with Gasteiger partial charge in [0.15, 0.2) is 5.78 Å². The zero-order valence-electron chi connectivity index (χ0n) is 12.9. The Bertz CT molecular complexity index is 831. The second-order valence-corrected chi connectivity index (χ2v) is 5.79. The van der Waals surface area contributed by atoms with Crippen molar-refractivity contribution in [3.8, 4) is 0 Å². The zero-order chi connectivity index (χ0) is 16.4. The van der Waals surface area contributed by atoms with Crippen LogP contribution in [0.1, 0.15) is 23.1 Å². The Balaban J connectivity index is 2.10. The molecule has 0 fully saturated rings. The van der Waals surface area contributed by atoms with Crippen molar-refractivity contribution in [2.45, 2.75) is 18.9 Å². The molecule has 1 aliphatic carbocycles. The highest BCUT2D eigenvalue weighted by atomic mass is 16.1. The quantitative estimate of drug-likeness (QED) is 0.684. The molecule has 0 saturated carbocycles. The third kappa shape index (κ3) is 2.55. The molecule has 1 unspecified atom stereocenters. The van der Waals surface area contributed by atoms with Crippen LogP contribution in [0.5, 0.6) is 0 Å². The molecule has 114 valence electrons. The summed E-state index contributed by atoms with van der Waals surface area (Å²) < 4.78 is 0. The van der Waals surface area contributed by atoms with Crippen LogP contribution in [-0.4, -0.2) is 16.3 Å². The second-order valence-electron chi connectivity index (χ2n) is 5.79. The molecule has 1 atom stereocenters. The van der Waals surface area contributed by atoms with Crippen molar-refractivity contribution in [1.82, 2.24) is 0 Å². The average molecular weight is 303 g/mol. The Morgan fingerprint density at radius 2 is 1.74 bits per heavy atom. The van der Waals surface area contributed by atoms with Gasteiger partial charge in [0.05, 0.1) is 0 Å². The predicted molar refractivity (Wildman–Crippen MR) is 89.7 cm³/mol. The molecule has 2 aromatic carbocycles. The van der Waals surface area contributed by atoms with E-state index in [0.29, 0.717) is 5.56 Å². The third-order valence-corrected chi connectivity index (χ3v) is 4.27. The topological polar surface area (TPSA) is 79.5 Å². The van der Waals surface area contributed by atoms with Crippen molar-refractivity contribution >= 4 is 17.1 Å². The first-order chi connectivity index (χ1) is 11.1. The Labute approximate surface area is 134 Å². The molecule has 0 aromatic heterocycles. The Morgan fingerprint density at radius 3 is 2.35 bits per heavy atom. The summed E-state index contributed by atoms with van der Waals surface area (Å²) in [6, 6.07) is 16.9. The van der Waals surface area contributed by atoms with E-state index in [-0.39, 0.29) is 17.9 Å². The fraction of sp³-hybridized carbons (Fsp3) is 0.158. The molecule has 0 spiro atoms. The van der Waals surface area contributed by atoms with Crippen LogP contribution in [-0.2, 0) is 10.3 Å². The number of nitrogens with two attached hydrogens (primary N) is 1. The van der Waals surface area contributed by atoms with Gasteiger partial charge in [-0.05, 0) is 23.6 Å². The molecular weight excluding hydrogens is 286 g/mol. The molecule has 0 aliphatic heterocycles. The minimum atomic E-state index is -1.41. The van der Waals surface area contributed by atoms with E-state index in [1.165, 1.54) is 0 Å². The first-order valence-corrected chi connectivity index (χ1v) is 7.43. The lowest BCUT2D eigenvalue weighted by Gasteiger charge is -2.27. The number of benzene rings is 2. The largest absolute Gasteiger partial charge is 0.361 e. The highest BCUT2D eigenvalue weighted by Crippen LogP contribution is 2.33. The standard InChI is InChI=1S/C19H17N3O/c1-13-7-9-14(10-8-13)15-11-17(22-21)19(20,18(23)12-15)16-5-3-2-4-6-16/h2-11H,12,20H2,1H3. The van der Waals surface area contributed by atoms with Crippen LogP contribution in [0.3, 0.4) is 0 Å². The summed E-state index contributed by atoms with van der Waals surface area (Å²) in [5.74, 6) is -0.186. The Kier molecular flexibility index (Phi) is 3.78. The SMILES string of the molecule is Cc1ccc(C2=CC(=[N+]=[N-])C(N)(c3ccccc3)C(=O)C2)cc1. The lowest BCUT2D eigenvalue weighted by atomic mass is 9.74. The highest BCUT2D eigenvalue weighted by molar-refractivity contribution is 6.23. The number of hydrogen-bond acceptors (Lipinski definition) is 2. The van der Waals surface area contributed by atoms with Gasteiger partial charge in [0.1, 0.15) is 0 Å².